The molecule has 0 radical (unpaired) electrons. The van der Waals surface area contributed by atoms with Crippen LogP contribution < -0.4 is 5.32 Å². The lowest BCUT2D eigenvalue weighted by Crippen LogP contribution is -2.19. The zero-order valence-electron chi connectivity index (χ0n) is 10.1. The summed E-state index contributed by atoms with van der Waals surface area (Å²) in [6.45, 7) is 0.445. The van der Waals surface area contributed by atoms with Gasteiger partial charge < -0.3 is 18.1 Å². The fraction of sp³-hybridized carbons (Fsp3) is 0.273. The van der Waals surface area contributed by atoms with Crippen molar-refractivity contribution in [2.24, 2.45) is 0 Å². The summed E-state index contributed by atoms with van der Waals surface area (Å²) in [6, 6.07) is -0.0897. The molecule has 1 fully saturated rings. The molecule has 0 bridgehead atoms. The van der Waals surface area contributed by atoms with E-state index in [0.717, 1.165) is 0 Å². The molecule has 2 unspecified atom stereocenters. The first kappa shape index (κ1) is 11.3. The number of rotatable bonds is 3. The van der Waals surface area contributed by atoms with E-state index in [2.05, 4.69) is 25.7 Å². The van der Waals surface area contributed by atoms with Crippen molar-refractivity contribution in [3.05, 3.63) is 36.4 Å². The Morgan fingerprint density at radius 2 is 2.15 bits per heavy atom. The Morgan fingerprint density at radius 1 is 1.15 bits per heavy atom. The summed E-state index contributed by atoms with van der Waals surface area (Å²) < 4.78 is 20.8. The molecule has 1 N–H and O–H groups in total. The molecule has 20 heavy (non-hydrogen) atoms. The Hall–Kier alpha value is -2.52. The van der Waals surface area contributed by atoms with Gasteiger partial charge in [0.05, 0.1) is 18.8 Å². The third-order valence-electron chi connectivity index (χ3n) is 2.92. The fourth-order valence-electron chi connectivity index (χ4n) is 1.97. The van der Waals surface area contributed by atoms with E-state index in [4.69, 9.17) is 18.1 Å². The van der Waals surface area contributed by atoms with Gasteiger partial charge >= 0.3 is 0 Å². The van der Waals surface area contributed by atoms with E-state index in [0.29, 0.717) is 29.8 Å². The molecule has 9 heteroatoms. The van der Waals surface area contributed by atoms with Crippen LogP contribution in [0.2, 0.25) is 0 Å². The van der Waals surface area contributed by atoms with Gasteiger partial charge in [0.15, 0.2) is 6.23 Å². The fourth-order valence-corrected chi connectivity index (χ4v) is 1.97. The molecule has 0 aliphatic carbocycles. The molecule has 1 aliphatic heterocycles. The monoisotopic (exact) mass is 275 g/mol. The molecule has 0 saturated carbocycles. The first-order chi connectivity index (χ1) is 9.90. The van der Waals surface area contributed by atoms with Crippen molar-refractivity contribution in [1.82, 2.24) is 25.7 Å². The quantitative estimate of drug-likeness (QED) is 0.749. The summed E-state index contributed by atoms with van der Waals surface area (Å²) in [5.74, 6) is 0.633. The summed E-state index contributed by atoms with van der Waals surface area (Å²) in [5.41, 5.74) is 1.29. The van der Waals surface area contributed by atoms with E-state index in [9.17, 15) is 0 Å². The Morgan fingerprint density at radius 3 is 2.95 bits per heavy atom. The first-order valence-corrected chi connectivity index (χ1v) is 5.90. The summed E-state index contributed by atoms with van der Waals surface area (Å²) in [4.78, 5) is 8.25. The third-order valence-corrected chi connectivity index (χ3v) is 2.92. The van der Waals surface area contributed by atoms with Crippen molar-refractivity contribution < 1.29 is 18.1 Å². The second-order valence-corrected chi connectivity index (χ2v) is 4.18. The molecule has 1 aliphatic rings. The van der Waals surface area contributed by atoms with Gasteiger partial charge in [0.25, 0.3) is 11.8 Å². The molecule has 0 aromatic carbocycles. The van der Waals surface area contributed by atoms with Crippen LogP contribution in [-0.2, 0) is 4.74 Å². The SMILES string of the molecule is c1coc(-c2nc(C3NC(c4conn4)CO3)co2)n1. The first-order valence-electron chi connectivity index (χ1n) is 5.90. The van der Waals surface area contributed by atoms with Gasteiger partial charge in [-0.15, -0.1) is 5.10 Å². The predicted octanol–water partition coefficient (Wildman–Crippen LogP) is 1.07. The number of ether oxygens (including phenoxy) is 1. The molecule has 9 nitrogen and oxygen atoms in total. The molecular formula is C11H9N5O4. The molecule has 4 rings (SSSR count). The zero-order chi connectivity index (χ0) is 13.4. The lowest BCUT2D eigenvalue weighted by molar-refractivity contribution is 0.0972. The van der Waals surface area contributed by atoms with Crippen LogP contribution >= 0.6 is 0 Å². The molecule has 2 atom stereocenters. The van der Waals surface area contributed by atoms with Crippen molar-refractivity contribution in [2.75, 3.05) is 6.61 Å². The van der Waals surface area contributed by atoms with Crippen LogP contribution in [0.5, 0.6) is 0 Å². The van der Waals surface area contributed by atoms with Gasteiger partial charge in [-0.2, -0.15) is 0 Å². The molecule has 0 amide bonds. The normalized spacial score (nSPS) is 22.4. The molecule has 0 spiro atoms. The molecule has 3 aromatic heterocycles. The number of nitrogens with one attached hydrogen (secondary N) is 1. The van der Waals surface area contributed by atoms with Gasteiger partial charge in [0.1, 0.15) is 30.2 Å². The second-order valence-electron chi connectivity index (χ2n) is 4.18. The summed E-state index contributed by atoms with van der Waals surface area (Å²) in [7, 11) is 0. The minimum Gasteiger partial charge on any atom is -0.441 e. The number of hydrogen-bond acceptors (Lipinski definition) is 9. The highest BCUT2D eigenvalue weighted by Crippen LogP contribution is 2.28. The van der Waals surface area contributed by atoms with Crippen LogP contribution in [0.25, 0.3) is 11.8 Å². The van der Waals surface area contributed by atoms with E-state index >= 15 is 0 Å². The van der Waals surface area contributed by atoms with Crippen molar-refractivity contribution in [2.45, 2.75) is 12.3 Å². The van der Waals surface area contributed by atoms with Crippen molar-refractivity contribution in [1.29, 1.82) is 0 Å². The molecule has 1 saturated heterocycles. The standard InChI is InChI=1S/C11H9N5O4/c1-2-17-10(12-1)11-14-8(4-19-11)9-13-6(3-18-9)7-5-20-16-15-7/h1-2,4-6,9,13H,3H2. The Balaban J connectivity index is 1.52. The lowest BCUT2D eigenvalue weighted by Gasteiger charge is -2.06. The minimum absolute atomic E-state index is 0.0897. The van der Waals surface area contributed by atoms with E-state index in [1.165, 1.54) is 25.0 Å². The topological polar surface area (TPSA) is 112 Å². The summed E-state index contributed by atoms with van der Waals surface area (Å²) >= 11 is 0. The lowest BCUT2D eigenvalue weighted by atomic mass is 10.2. The molecule has 102 valence electrons. The van der Waals surface area contributed by atoms with Gasteiger partial charge in [-0.05, 0) is 0 Å². The Bertz CT molecular complexity index is 678. The molecule has 4 heterocycles. The number of aromatic nitrogens is 4. The van der Waals surface area contributed by atoms with Crippen molar-refractivity contribution in [3.8, 4) is 11.8 Å². The van der Waals surface area contributed by atoms with E-state index in [-0.39, 0.29) is 12.3 Å². The van der Waals surface area contributed by atoms with Crippen molar-refractivity contribution >= 4 is 0 Å². The van der Waals surface area contributed by atoms with Gasteiger partial charge in [-0.1, -0.05) is 0 Å². The number of hydrogen-bond donors (Lipinski definition) is 1. The highest BCUT2D eigenvalue weighted by atomic mass is 16.5. The van der Waals surface area contributed by atoms with Crippen LogP contribution in [0.4, 0.5) is 0 Å². The second kappa shape index (κ2) is 4.54. The van der Waals surface area contributed by atoms with Gasteiger partial charge in [0, 0.05) is 5.27 Å². The molecule has 3 aromatic rings. The van der Waals surface area contributed by atoms with E-state index in [1.54, 1.807) is 0 Å². The number of oxazole rings is 2. The maximum Gasteiger partial charge on any atom is 0.283 e. The zero-order valence-corrected chi connectivity index (χ0v) is 10.1. The average molecular weight is 275 g/mol. The Kier molecular flexibility index (Phi) is 2.57. The summed E-state index contributed by atoms with van der Waals surface area (Å²) in [6.07, 6.45) is 5.57. The highest BCUT2D eigenvalue weighted by molar-refractivity contribution is 5.37. The van der Waals surface area contributed by atoms with E-state index in [1.807, 2.05) is 0 Å². The van der Waals surface area contributed by atoms with Crippen LogP contribution in [0.15, 0.2) is 38.3 Å². The minimum atomic E-state index is -0.385. The average Bonchev–Trinajstić information content (AvgIpc) is 3.22. The van der Waals surface area contributed by atoms with E-state index < -0.39 is 0 Å². The van der Waals surface area contributed by atoms with Crippen LogP contribution in [-0.4, -0.2) is 26.9 Å². The van der Waals surface area contributed by atoms with Crippen molar-refractivity contribution in [3.63, 3.8) is 0 Å². The van der Waals surface area contributed by atoms with Gasteiger partial charge in [-0.25, -0.2) is 9.97 Å². The maximum absolute atomic E-state index is 5.61. The van der Waals surface area contributed by atoms with Gasteiger partial charge in [0.2, 0.25) is 0 Å². The highest BCUT2D eigenvalue weighted by Gasteiger charge is 2.31. The Labute approximate surface area is 111 Å². The van der Waals surface area contributed by atoms with Gasteiger partial charge in [-0.3, -0.25) is 5.32 Å². The maximum atomic E-state index is 5.61. The van der Waals surface area contributed by atoms with Crippen LogP contribution in [0.3, 0.4) is 0 Å². The van der Waals surface area contributed by atoms with Crippen LogP contribution in [0.1, 0.15) is 23.7 Å². The summed E-state index contributed by atoms with van der Waals surface area (Å²) in [5, 5.41) is 10.5. The predicted molar refractivity (Wildman–Crippen MR) is 60.9 cm³/mol. The number of nitrogens with zero attached hydrogens (tertiary/aromatic N) is 4. The smallest absolute Gasteiger partial charge is 0.283 e. The molecular weight excluding hydrogens is 266 g/mol. The largest absolute Gasteiger partial charge is 0.441 e. The third kappa shape index (κ3) is 1.89. The van der Waals surface area contributed by atoms with Crippen LogP contribution in [0, 0.1) is 0 Å².